The van der Waals surface area contributed by atoms with Crippen LogP contribution >= 0.6 is 0 Å². The highest BCUT2D eigenvalue weighted by atomic mass is 16.5. The van der Waals surface area contributed by atoms with Gasteiger partial charge in [0, 0.05) is 12.1 Å². The van der Waals surface area contributed by atoms with Gasteiger partial charge in [0.1, 0.15) is 5.75 Å². The predicted molar refractivity (Wildman–Crippen MR) is 65.9 cm³/mol. The molecule has 1 atom stereocenters. The molecule has 1 rings (SSSR count). The highest BCUT2D eigenvalue weighted by Crippen LogP contribution is 2.19. The number of aliphatic hydroxyl groups excluding tert-OH is 1. The monoisotopic (exact) mass is 223 g/mol. The molecule has 0 fully saturated rings. The van der Waals surface area contributed by atoms with Gasteiger partial charge in [0.25, 0.3) is 0 Å². The molecule has 2 N–H and O–H groups in total. The van der Waals surface area contributed by atoms with Crippen molar-refractivity contribution < 1.29 is 9.84 Å². The van der Waals surface area contributed by atoms with Gasteiger partial charge in [-0.05, 0) is 44.5 Å². The van der Waals surface area contributed by atoms with Crippen LogP contribution in [0.15, 0.2) is 24.3 Å². The molecule has 0 aliphatic rings. The highest BCUT2D eigenvalue weighted by Gasteiger charge is 2.21. The summed E-state index contributed by atoms with van der Waals surface area (Å²) in [5, 5.41) is 12.3. The van der Waals surface area contributed by atoms with Crippen LogP contribution in [0.3, 0.4) is 0 Å². The van der Waals surface area contributed by atoms with Crippen LogP contribution in [0.1, 0.15) is 18.9 Å². The number of hydrogen-bond acceptors (Lipinski definition) is 3. The molecule has 0 aliphatic carbocycles. The van der Waals surface area contributed by atoms with Crippen LogP contribution in [0.2, 0.25) is 0 Å². The molecule has 1 aromatic rings. The third kappa shape index (κ3) is 3.51. The molecule has 0 saturated heterocycles. The number of hydrogen-bond donors (Lipinski definition) is 2. The Bertz CT molecular complexity index is 310. The second-order valence-corrected chi connectivity index (χ2v) is 4.31. The van der Waals surface area contributed by atoms with Gasteiger partial charge in [-0.15, -0.1) is 0 Å². The Morgan fingerprint density at radius 3 is 2.38 bits per heavy atom. The molecular formula is C13H21NO2. The molecule has 0 radical (unpaired) electrons. The first-order valence-corrected chi connectivity index (χ1v) is 5.56. The van der Waals surface area contributed by atoms with E-state index in [1.165, 1.54) is 5.56 Å². The van der Waals surface area contributed by atoms with E-state index in [0.29, 0.717) is 0 Å². The van der Waals surface area contributed by atoms with Gasteiger partial charge in [-0.3, -0.25) is 0 Å². The van der Waals surface area contributed by atoms with Gasteiger partial charge in [0.05, 0.1) is 7.11 Å². The van der Waals surface area contributed by atoms with E-state index in [2.05, 4.69) is 24.4 Å². The summed E-state index contributed by atoms with van der Waals surface area (Å²) in [7, 11) is 3.59. The van der Waals surface area contributed by atoms with Crippen LogP contribution in [0, 0.1) is 0 Å². The fourth-order valence-electron chi connectivity index (χ4n) is 1.74. The number of rotatable bonds is 6. The summed E-state index contributed by atoms with van der Waals surface area (Å²) in [4.78, 5) is 0. The van der Waals surface area contributed by atoms with Gasteiger partial charge in [0.15, 0.2) is 0 Å². The molecule has 0 aromatic heterocycles. The number of ether oxygens (including phenoxy) is 1. The standard InChI is InChI=1S/C13H21NO2/c1-13(14-2,8-9-15)10-11-4-6-12(16-3)7-5-11/h4-7,14-15H,8-10H2,1-3H3. The Morgan fingerprint density at radius 2 is 1.94 bits per heavy atom. The second-order valence-electron chi connectivity index (χ2n) is 4.31. The number of methoxy groups -OCH3 is 1. The largest absolute Gasteiger partial charge is 0.497 e. The summed E-state index contributed by atoms with van der Waals surface area (Å²) in [5.41, 5.74) is 1.19. The average molecular weight is 223 g/mol. The highest BCUT2D eigenvalue weighted by molar-refractivity contribution is 5.28. The summed E-state index contributed by atoms with van der Waals surface area (Å²) in [5.74, 6) is 0.872. The lowest BCUT2D eigenvalue weighted by molar-refractivity contribution is 0.226. The summed E-state index contributed by atoms with van der Waals surface area (Å²) in [6, 6.07) is 8.05. The minimum atomic E-state index is -0.0522. The maximum atomic E-state index is 9.03. The molecule has 1 unspecified atom stereocenters. The molecule has 0 aliphatic heterocycles. The summed E-state index contributed by atoms with van der Waals surface area (Å²) in [6.45, 7) is 2.32. The molecule has 0 saturated carbocycles. The van der Waals surface area contributed by atoms with Crippen LogP contribution in [-0.4, -0.2) is 31.4 Å². The van der Waals surface area contributed by atoms with E-state index < -0.39 is 0 Å². The lowest BCUT2D eigenvalue weighted by Gasteiger charge is -2.28. The minimum Gasteiger partial charge on any atom is -0.497 e. The molecule has 0 heterocycles. The van der Waals surface area contributed by atoms with Gasteiger partial charge in [-0.1, -0.05) is 12.1 Å². The SMILES string of the molecule is CNC(C)(CCO)Cc1ccc(OC)cc1. The van der Waals surface area contributed by atoms with E-state index in [1.54, 1.807) is 7.11 Å². The normalized spacial score (nSPS) is 14.5. The molecule has 3 nitrogen and oxygen atoms in total. The van der Waals surface area contributed by atoms with Crippen molar-refractivity contribution in [2.24, 2.45) is 0 Å². The van der Waals surface area contributed by atoms with Crippen LogP contribution in [0.5, 0.6) is 5.75 Å². The van der Waals surface area contributed by atoms with E-state index in [-0.39, 0.29) is 12.1 Å². The van der Waals surface area contributed by atoms with Crippen molar-refractivity contribution in [3.63, 3.8) is 0 Å². The fourth-order valence-corrected chi connectivity index (χ4v) is 1.74. The van der Waals surface area contributed by atoms with Crippen molar-refractivity contribution in [1.29, 1.82) is 0 Å². The maximum Gasteiger partial charge on any atom is 0.118 e. The molecular weight excluding hydrogens is 202 g/mol. The van der Waals surface area contributed by atoms with Gasteiger partial charge in [0.2, 0.25) is 0 Å². The number of likely N-dealkylation sites (N-methyl/N-ethyl adjacent to an activating group) is 1. The number of nitrogens with one attached hydrogen (secondary N) is 1. The molecule has 1 aromatic carbocycles. The molecule has 0 spiro atoms. The summed E-state index contributed by atoms with van der Waals surface area (Å²) >= 11 is 0. The zero-order chi connectivity index (χ0) is 12.0. The average Bonchev–Trinajstić information content (AvgIpc) is 2.30. The first kappa shape index (κ1) is 13.0. The fraction of sp³-hybridized carbons (Fsp3) is 0.538. The van der Waals surface area contributed by atoms with Crippen molar-refractivity contribution in [3.05, 3.63) is 29.8 Å². The summed E-state index contributed by atoms with van der Waals surface area (Å²) in [6.07, 6.45) is 1.64. The third-order valence-electron chi connectivity index (χ3n) is 3.02. The molecule has 90 valence electrons. The van der Waals surface area contributed by atoms with Crippen molar-refractivity contribution >= 4 is 0 Å². The maximum absolute atomic E-state index is 9.03. The van der Waals surface area contributed by atoms with Crippen molar-refractivity contribution in [2.45, 2.75) is 25.3 Å². The van der Waals surface area contributed by atoms with Crippen LogP contribution in [-0.2, 0) is 6.42 Å². The van der Waals surface area contributed by atoms with Crippen LogP contribution < -0.4 is 10.1 Å². The zero-order valence-corrected chi connectivity index (χ0v) is 10.3. The van der Waals surface area contributed by atoms with Crippen LogP contribution in [0.4, 0.5) is 0 Å². The Balaban J connectivity index is 2.70. The van der Waals surface area contributed by atoms with Crippen molar-refractivity contribution in [1.82, 2.24) is 5.32 Å². The van der Waals surface area contributed by atoms with Gasteiger partial charge in [-0.2, -0.15) is 0 Å². The zero-order valence-electron chi connectivity index (χ0n) is 10.3. The second kappa shape index (κ2) is 5.87. The van der Waals surface area contributed by atoms with E-state index >= 15 is 0 Å². The van der Waals surface area contributed by atoms with E-state index in [0.717, 1.165) is 18.6 Å². The lowest BCUT2D eigenvalue weighted by Crippen LogP contribution is -2.42. The lowest BCUT2D eigenvalue weighted by atomic mass is 9.90. The van der Waals surface area contributed by atoms with E-state index in [4.69, 9.17) is 9.84 Å². The minimum absolute atomic E-state index is 0.0522. The van der Waals surface area contributed by atoms with Gasteiger partial charge < -0.3 is 15.2 Å². The predicted octanol–water partition coefficient (Wildman–Crippen LogP) is 1.60. The molecule has 0 amide bonds. The van der Waals surface area contributed by atoms with Gasteiger partial charge >= 0.3 is 0 Å². The first-order valence-electron chi connectivity index (χ1n) is 5.56. The Morgan fingerprint density at radius 1 is 1.31 bits per heavy atom. The van der Waals surface area contributed by atoms with Gasteiger partial charge in [-0.25, -0.2) is 0 Å². The number of benzene rings is 1. The Labute approximate surface area is 97.4 Å². The Hall–Kier alpha value is -1.06. The molecule has 3 heteroatoms. The van der Waals surface area contributed by atoms with E-state index in [1.807, 2.05) is 19.2 Å². The first-order chi connectivity index (χ1) is 7.63. The topological polar surface area (TPSA) is 41.5 Å². The van der Waals surface area contributed by atoms with Crippen LogP contribution in [0.25, 0.3) is 0 Å². The third-order valence-corrected chi connectivity index (χ3v) is 3.02. The Kier molecular flexibility index (Phi) is 4.77. The molecule has 16 heavy (non-hydrogen) atoms. The smallest absolute Gasteiger partial charge is 0.118 e. The molecule has 0 bridgehead atoms. The quantitative estimate of drug-likeness (QED) is 0.769. The number of aliphatic hydroxyl groups is 1. The van der Waals surface area contributed by atoms with E-state index in [9.17, 15) is 0 Å². The summed E-state index contributed by atoms with van der Waals surface area (Å²) < 4.78 is 5.12. The van der Waals surface area contributed by atoms with Crippen molar-refractivity contribution in [3.8, 4) is 5.75 Å². The van der Waals surface area contributed by atoms with Crippen molar-refractivity contribution in [2.75, 3.05) is 20.8 Å².